The van der Waals surface area contributed by atoms with Crippen molar-refractivity contribution < 1.29 is 14.3 Å². The zero-order valence-electron chi connectivity index (χ0n) is 12.9. The van der Waals surface area contributed by atoms with Crippen LogP contribution in [0.15, 0.2) is 0 Å². The SMILES string of the molecule is CC(C1CN(C(=O)OC(C)(C)C)CCC1=O)N(C)C. The Morgan fingerprint density at radius 2 is 2.00 bits per heavy atom. The first kappa shape index (κ1) is 16.0. The lowest BCUT2D eigenvalue weighted by Crippen LogP contribution is -2.51. The van der Waals surface area contributed by atoms with Crippen LogP contribution in [0.4, 0.5) is 4.79 Å². The van der Waals surface area contributed by atoms with E-state index in [1.54, 1.807) is 4.90 Å². The van der Waals surface area contributed by atoms with Crippen molar-refractivity contribution in [2.45, 2.75) is 45.8 Å². The van der Waals surface area contributed by atoms with Crippen molar-refractivity contribution in [1.29, 1.82) is 0 Å². The highest BCUT2D eigenvalue weighted by Crippen LogP contribution is 2.21. The van der Waals surface area contributed by atoms with Crippen LogP contribution in [0.2, 0.25) is 0 Å². The summed E-state index contributed by atoms with van der Waals surface area (Å²) in [5, 5.41) is 0. The van der Waals surface area contributed by atoms with Gasteiger partial charge in [0.25, 0.3) is 0 Å². The second-order valence-corrected chi connectivity index (χ2v) is 6.45. The van der Waals surface area contributed by atoms with Crippen molar-refractivity contribution in [2.75, 3.05) is 27.2 Å². The highest BCUT2D eigenvalue weighted by Gasteiger charge is 2.35. The first-order valence-corrected chi connectivity index (χ1v) is 6.79. The average Bonchev–Trinajstić information content (AvgIpc) is 2.26. The normalized spacial score (nSPS) is 22.6. The van der Waals surface area contributed by atoms with E-state index in [9.17, 15) is 9.59 Å². The minimum Gasteiger partial charge on any atom is -0.444 e. The molecule has 0 N–H and O–H groups in total. The summed E-state index contributed by atoms with van der Waals surface area (Å²) >= 11 is 0. The molecule has 2 unspecified atom stereocenters. The van der Waals surface area contributed by atoms with E-state index < -0.39 is 5.60 Å². The van der Waals surface area contributed by atoms with Gasteiger partial charge in [0.05, 0.1) is 5.92 Å². The third kappa shape index (κ3) is 4.49. The molecule has 5 heteroatoms. The Morgan fingerprint density at radius 3 is 2.47 bits per heavy atom. The van der Waals surface area contributed by atoms with Gasteiger partial charge in [-0.15, -0.1) is 0 Å². The van der Waals surface area contributed by atoms with E-state index in [4.69, 9.17) is 4.74 Å². The van der Waals surface area contributed by atoms with Crippen molar-refractivity contribution in [3.8, 4) is 0 Å². The Labute approximate surface area is 115 Å². The highest BCUT2D eigenvalue weighted by molar-refractivity contribution is 5.84. The number of carbonyl (C=O) groups is 2. The summed E-state index contributed by atoms with van der Waals surface area (Å²) < 4.78 is 5.36. The van der Waals surface area contributed by atoms with Crippen LogP contribution in [0.3, 0.4) is 0 Å². The van der Waals surface area contributed by atoms with E-state index >= 15 is 0 Å². The summed E-state index contributed by atoms with van der Waals surface area (Å²) in [4.78, 5) is 27.7. The molecule has 110 valence electrons. The largest absolute Gasteiger partial charge is 0.444 e. The van der Waals surface area contributed by atoms with Gasteiger partial charge in [0.15, 0.2) is 0 Å². The number of piperidine rings is 1. The van der Waals surface area contributed by atoms with Crippen LogP contribution in [0.5, 0.6) is 0 Å². The lowest BCUT2D eigenvalue weighted by molar-refractivity contribution is -0.128. The summed E-state index contributed by atoms with van der Waals surface area (Å²) in [6.45, 7) is 8.47. The van der Waals surface area contributed by atoms with Gasteiger partial charge in [0, 0.05) is 25.6 Å². The molecule has 0 spiro atoms. The second kappa shape index (κ2) is 5.90. The van der Waals surface area contributed by atoms with Gasteiger partial charge in [-0.1, -0.05) is 0 Å². The van der Waals surface area contributed by atoms with Gasteiger partial charge in [0.1, 0.15) is 11.4 Å². The second-order valence-electron chi connectivity index (χ2n) is 6.45. The summed E-state index contributed by atoms with van der Waals surface area (Å²) in [6, 6.07) is 0.123. The lowest BCUT2D eigenvalue weighted by Gasteiger charge is -2.37. The van der Waals surface area contributed by atoms with Crippen LogP contribution in [0.25, 0.3) is 0 Å². The highest BCUT2D eigenvalue weighted by atomic mass is 16.6. The zero-order chi connectivity index (χ0) is 14.8. The Kier molecular flexibility index (Phi) is 4.96. The molecule has 5 nitrogen and oxygen atoms in total. The molecular weight excluding hydrogens is 244 g/mol. The van der Waals surface area contributed by atoms with Crippen molar-refractivity contribution in [3.63, 3.8) is 0 Å². The number of nitrogens with zero attached hydrogens (tertiary/aromatic N) is 2. The van der Waals surface area contributed by atoms with E-state index in [0.717, 1.165) is 0 Å². The minimum absolute atomic E-state index is 0.123. The molecule has 0 bridgehead atoms. The Morgan fingerprint density at radius 1 is 1.42 bits per heavy atom. The van der Waals surface area contributed by atoms with Gasteiger partial charge < -0.3 is 14.5 Å². The first-order chi connectivity index (χ1) is 8.61. The van der Waals surface area contributed by atoms with Crippen molar-refractivity contribution in [1.82, 2.24) is 9.80 Å². The Hall–Kier alpha value is -1.10. The molecule has 0 saturated carbocycles. The van der Waals surface area contributed by atoms with Gasteiger partial charge in [-0.2, -0.15) is 0 Å². The fraction of sp³-hybridized carbons (Fsp3) is 0.857. The van der Waals surface area contributed by atoms with Crippen LogP contribution >= 0.6 is 0 Å². The number of Topliss-reactive ketones (excluding diaryl/α,β-unsaturated/α-hetero) is 1. The monoisotopic (exact) mass is 270 g/mol. The summed E-state index contributed by atoms with van der Waals surface area (Å²) in [7, 11) is 3.90. The molecule has 1 saturated heterocycles. The maximum absolute atomic E-state index is 12.0. The van der Waals surface area contributed by atoms with Crippen LogP contribution in [0.1, 0.15) is 34.1 Å². The Bertz CT molecular complexity index is 347. The van der Waals surface area contributed by atoms with Crippen LogP contribution < -0.4 is 0 Å². The minimum atomic E-state index is -0.499. The van der Waals surface area contributed by atoms with Crippen LogP contribution in [0, 0.1) is 5.92 Å². The van der Waals surface area contributed by atoms with Crippen molar-refractivity contribution >= 4 is 11.9 Å². The average molecular weight is 270 g/mol. The van der Waals surface area contributed by atoms with Crippen LogP contribution in [-0.4, -0.2) is 60.5 Å². The number of carbonyl (C=O) groups excluding carboxylic acids is 2. The predicted octanol–water partition coefficient (Wildman–Crippen LogP) is 1.76. The zero-order valence-corrected chi connectivity index (χ0v) is 12.9. The molecule has 1 amide bonds. The summed E-state index contributed by atoms with van der Waals surface area (Å²) in [5.41, 5.74) is -0.499. The maximum atomic E-state index is 12.0. The number of ketones is 1. The molecule has 1 aliphatic heterocycles. The predicted molar refractivity (Wildman–Crippen MR) is 74.1 cm³/mol. The number of hydrogen-bond acceptors (Lipinski definition) is 4. The number of likely N-dealkylation sites (tertiary alicyclic amines) is 1. The summed E-state index contributed by atoms with van der Waals surface area (Å²) in [5.74, 6) is 0.109. The molecule has 1 rings (SSSR count). The van der Waals surface area contributed by atoms with Crippen molar-refractivity contribution in [2.24, 2.45) is 5.92 Å². The molecule has 0 aromatic heterocycles. The first-order valence-electron chi connectivity index (χ1n) is 6.79. The van der Waals surface area contributed by atoms with Gasteiger partial charge in [0.2, 0.25) is 0 Å². The fourth-order valence-electron chi connectivity index (χ4n) is 2.13. The third-order valence-corrected chi connectivity index (χ3v) is 3.51. The maximum Gasteiger partial charge on any atom is 0.410 e. The van der Waals surface area contributed by atoms with E-state index in [2.05, 4.69) is 0 Å². The van der Waals surface area contributed by atoms with Gasteiger partial charge in [-0.05, 0) is 41.8 Å². The van der Waals surface area contributed by atoms with Crippen molar-refractivity contribution in [3.05, 3.63) is 0 Å². The lowest BCUT2D eigenvalue weighted by atomic mass is 9.90. The topological polar surface area (TPSA) is 49.9 Å². The quantitative estimate of drug-likeness (QED) is 0.767. The van der Waals surface area contributed by atoms with Gasteiger partial charge >= 0.3 is 6.09 Å². The van der Waals surface area contributed by atoms with E-state index in [1.165, 1.54) is 0 Å². The number of hydrogen-bond donors (Lipinski definition) is 0. The standard InChI is InChI=1S/C14H26N2O3/c1-10(15(5)6)11-9-16(8-7-12(11)17)13(18)19-14(2,3)4/h10-11H,7-9H2,1-6H3. The molecule has 0 aromatic rings. The smallest absolute Gasteiger partial charge is 0.410 e. The Balaban J connectivity index is 2.69. The number of ether oxygens (including phenoxy) is 1. The molecule has 0 aromatic carbocycles. The number of amides is 1. The fourth-order valence-corrected chi connectivity index (χ4v) is 2.13. The number of rotatable bonds is 2. The molecule has 1 aliphatic rings. The van der Waals surface area contributed by atoms with Gasteiger partial charge in [-0.3, -0.25) is 4.79 Å². The molecule has 2 atom stereocenters. The summed E-state index contributed by atoms with van der Waals surface area (Å²) in [6.07, 6.45) is 0.0956. The molecule has 19 heavy (non-hydrogen) atoms. The molecule has 0 radical (unpaired) electrons. The van der Waals surface area contributed by atoms with Gasteiger partial charge in [-0.25, -0.2) is 4.79 Å². The molecule has 1 fully saturated rings. The van der Waals surface area contributed by atoms with E-state index in [-0.39, 0.29) is 23.8 Å². The van der Waals surface area contributed by atoms with Crippen LogP contribution in [-0.2, 0) is 9.53 Å². The molecular formula is C14H26N2O3. The van der Waals surface area contributed by atoms with E-state index in [0.29, 0.717) is 19.5 Å². The third-order valence-electron chi connectivity index (χ3n) is 3.51. The molecule has 1 heterocycles. The molecule has 0 aliphatic carbocycles. The van der Waals surface area contributed by atoms with E-state index in [1.807, 2.05) is 46.7 Å².